The van der Waals surface area contributed by atoms with E-state index in [-0.39, 0.29) is 27.1 Å². The Morgan fingerprint density at radius 2 is 1.71 bits per heavy atom. The predicted octanol–water partition coefficient (Wildman–Crippen LogP) is 4.58. The smallest absolute Gasteiger partial charge is 0.291 e. The molecule has 2 aromatic carbocycles. The maximum atomic E-state index is 12.5. The van der Waals surface area contributed by atoms with Crippen molar-refractivity contribution in [2.75, 3.05) is 5.32 Å². The van der Waals surface area contributed by atoms with E-state index in [2.05, 4.69) is 5.32 Å². The molecule has 0 saturated heterocycles. The van der Waals surface area contributed by atoms with Crippen LogP contribution in [-0.4, -0.2) is 19.2 Å². The first-order valence-electron chi connectivity index (χ1n) is 7.54. The Morgan fingerprint density at radius 3 is 2.32 bits per heavy atom. The summed E-state index contributed by atoms with van der Waals surface area (Å²) in [5.74, 6) is -1.05. The third-order valence-corrected chi connectivity index (χ3v) is 5.81. The van der Waals surface area contributed by atoms with E-state index in [1.807, 2.05) is 0 Å². The van der Waals surface area contributed by atoms with Crippen LogP contribution >= 0.6 is 23.2 Å². The summed E-state index contributed by atoms with van der Waals surface area (Å²) in [7, 11) is -3.97. The summed E-state index contributed by atoms with van der Waals surface area (Å²) >= 11 is 11.7. The van der Waals surface area contributed by atoms with Gasteiger partial charge in [0.1, 0.15) is 0 Å². The molecule has 3 aromatic rings. The van der Waals surface area contributed by atoms with Crippen LogP contribution in [0.5, 0.6) is 0 Å². The van der Waals surface area contributed by atoms with Gasteiger partial charge in [0.25, 0.3) is 11.6 Å². The molecule has 0 aliphatic rings. The van der Waals surface area contributed by atoms with Crippen LogP contribution in [0, 0.1) is 10.1 Å². The Labute approximate surface area is 168 Å². The maximum absolute atomic E-state index is 12.5. The van der Waals surface area contributed by atoms with Crippen molar-refractivity contribution in [1.82, 2.24) is 0 Å². The summed E-state index contributed by atoms with van der Waals surface area (Å²) in [5.41, 5.74) is -0.131. The summed E-state index contributed by atoms with van der Waals surface area (Å²) in [6.45, 7) is 0. The van der Waals surface area contributed by atoms with E-state index in [4.69, 9.17) is 27.6 Å². The number of nitrogens with zero attached hydrogens (tertiary/aromatic N) is 1. The van der Waals surface area contributed by atoms with Crippen molar-refractivity contribution in [3.8, 4) is 0 Å². The van der Waals surface area contributed by atoms with Crippen LogP contribution in [0.25, 0.3) is 0 Å². The SMILES string of the molecule is O=C(Nc1ccc([N+](=O)[O-])cc1Cl)c1ccc(S(=O)(=O)c2ccc(Cl)cc2)o1. The van der Waals surface area contributed by atoms with E-state index in [0.717, 1.165) is 12.1 Å². The van der Waals surface area contributed by atoms with Gasteiger partial charge in [0.05, 0.1) is 20.5 Å². The monoisotopic (exact) mass is 440 g/mol. The molecule has 1 amide bonds. The Morgan fingerprint density at radius 1 is 1.04 bits per heavy atom. The van der Waals surface area contributed by atoms with Crippen LogP contribution in [0.2, 0.25) is 10.0 Å². The fraction of sp³-hybridized carbons (Fsp3) is 0. The summed E-state index contributed by atoms with van der Waals surface area (Å²) in [5, 5.41) is 13.0. The number of nitro groups is 1. The lowest BCUT2D eigenvalue weighted by Crippen LogP contribution is -2.11. The molecule has 0 atom stereocenters. The van der Waals surface area contributed by atoms with Crippen LogP contribution < -0.4 is 5.32 Å². The van der Waals surface area contributed by atoms with Gasteiger partial charge in [-0.1, -0.05) is 23.2 Å². The molecule has 0 saturated carbocycles. The zero-order valence-electron chi connectivity index (χ0n) is 13.8. The number of nitrogens with one attached hydrogen (secondary N) is 1. The highest BCUT2D eigenvalue weighted by atomic mass is 35.5. The minimum absolute atomic E-state index is 0.0448. The van der Waals surface area contributed by atoms with E-state index >= 15 is 0 Å². The molecule has 0 fully saturated rings. The second-order valence-electron chi connectivity index (χ2n) is 5.45. The Bertz CT molecular complexity index is 1170. The molecule has 1 aromatic heterocycles. The normalized spacial score (nSPS) is 11.2. The number of hydrogen-bond acceptors (Lipinski definition) is 6. The van der Waals surface area contributed by atoms with Gasteiger partial charge < -0.3 is 9.73 Å². The number of sulfone groups is 1. The number of nitro benzene ring substituents is 1. The predicted molar refractivity (Wildman–Crippen MR) is 102 cm³/mol. The third kappa shape index (κ3) is 4.01. The topological polar surface area (TPSA) is 120 Å². The summed E-state index contributed by atoms with van der Waals surface area (Å²) in [6.07, 6.45) is 0. The molecular formula is C17H10Cl2N2O6S. The van der Waals surface area contributed by atoms with Crippen molar-refractivity contribution < 1.29 is 22.6 Å². The molecule has 0 unspecified atom stereocenters. The van der Waals surface area contributed by atoms with Crippen molar-refractivity contribution in [2.45, 2.75) is 9.99 Å². The van der Waals surface area contributed by atoms with Crippen LogP contribution in [0.15, 0.2) is 69.0 Å². The lowest BCUT2D eigenvalue weighted by Gasteiger charge is -2.05. The number of halogens is 2. The second-order valence-corrected chi connectivity index (χ2v) is 8.18. The van der Waals surface area contributed by atoms with Crippen molar-refractivity contribution in [3.05, 3.63) is 80.5 Å². The molecule has 0 aliphatic carbocycles. The first kappa shape index (κ1) is 19.9. The van der Waals surface area contributed by atoms with Crippen molar-refractivity contribution in [2.24, 2.45) is 0 Å². The average molecular weight is 441 g/mol. The zero-order valence-corrected chi connectivity index (χ0v) is 16.1. The lowest BCUT2D eigenvalue weighted by molar-refractivity contribution is -0.384. The maximum Gasteiger partial charge on any atom is 0.291 e. The highest BCUT2D eigenvalue weighted by Crippen LogP contribution is 2.28. The van der Waals surface area contributed by atoms with Gasteiger partial charge in [-0.05, 0) is 42.5 Å². The number of non-ortho nitro benzene ring substituents is 1. The molecule has 0 radical (unpaired) electrons. The van der Waals surface area contributed by atoms with Gasteiger partial charge in [-0.15, -0.1) is 0 Å². The van der Waals surface area contributed by atoms with Gasteiger partial charge in [-0.2, -0.15) is 0 Å². The summed E-state index contributed by atoms with van der Waals surface area (Å²) < 4.78 is 30.3. The molecular weight excluding hydrogens is 431 g/mol. The quantitative estimate of drug-likeness (QED) is 0.457. The van der Waals surface area contributed by atoms with Gasteiger partial charge in [0.2, 0.25) is 14.9 Å². The molecule has 0 aliphatic heterocycles. The number of carbonyl (C=O) groups is 1. The number of rotatable bonds is 5. The zero-order chi connectivity index (χ0) is 20.5. The van der Waals surface area contributed by atoms with Gasteiger partial charge >= 0.3 is 0 Å². The third-order valence-electron chi connectivity index (χ3n) is 3.61. The highest BCUT2D eigenvalue weighted by Gasteiger charge is 2.24. The van der Waals surface area contributed by atoms with Gasteiger partial charge in [0.15, 0.2) is 5.76 Å². The van der Waals surface area contributed by atoms with E-state index in [0.29, 0.717) is 5.02 Å². The van der Waals surface area contributed by atoms with Crippen LogP contribution in [0.4, 0.5) is 11.4 Å². The Kier molecular flexibility index (Phi) is 5.41. The molecule has 8 nitrogen and oxygen atoms in total. The number of hydrogen-bond donors (Lipinski definition) is 1. The minimum Gasteiger partial charge on any atom is -0.439 e. The number of amides is 1. The van der Waals surface area contributed by atoms with E-state index in [1.54, 1.807) is 0 Å². The molecule has 1 heterocycles. The average Bonchev–Trinajstić information content (AvgIpc) is 3.14. The lowest BCUT2D eigenvalue weighted by atomic mass is 10.2. The Balaban J connectivity index is 1.83. The van der Waals surface area contributed by atoms with E-state index < -0.39 is 25.8 Å². The standard InChI is InChI=1S/C17H10Cl2N2O6S/c18-10-1-4-12(5-2-10)28(25,26)16-8-7-15(27-16)17(22)20-14-6-3-11(21(23)24)9-13(14)19/h1-9H,(H,20,22). The van der Waals surface area contributed by atoms with Gasteiger partial charge in [0, 0.05) is 17.2 Å². The van der Waals surface area contributed by atoms with Gasteiger partial charge in [-0.25, -0.2) is 8.42 Å². The summed E-state index contributed by atoms with van der Waals surface area (Å²) in [4.78, 5) is 22.3. The Hall–Kier alpha value is -2.88. The van der Waals surface area contributed by atoms with E-state index in [1.165, 1.54) is 42.5 Å². The largest absolute Gasteiger partial charge is 0.439 e. The molecule has 0 bridgehead atoms. The molecule has 144 valence electrons. The fourth-order valence-electron chi connectivity index (χ4n) is 2.22. The number of carbonyl (C=O) groups excluding carboxylic acids is 1. The molecule has 1 N–H and O–H groups in total. The van der Waals surface area contributed by atoms with Crippen molar-refractivity contribution in [1.29, 1.82) is 0 Å². The first-order chi connectivity index (χ1) is 13.2. The molecule has 11 heteroatoms. The van der Waals surface area contributed by atoms with Crippen LogP contribution in [0.3, 0.4) is 0 Å². The minimum atomic E-state index is -3.97. The number of benzene rings is 2. The molecule has 28 heavy (non-hydrogen) atoms. The highest BCUT2D eigenvalue weighted by molar-refractivity contribution is 7.91. The van der Waals surface area contributed by atoms with Gasteiger partial charge in [-0.3, -0.25) is 14.9 Å². The van der Waals surface area contributed by atoms with Crippen molar-refractivity contribution >= 4 is 50.3 Å². The molecule has 0 spiro atoms. The van der Waals surface area contributed by atoms with Crippen LogP contribution in [-0.2, 0) is 9.84 Å². The first-order valence-corrected chi connectivity index (χ1v) is 9.78. The van der Waals surface area contributed by atoms with Crippen molar-refractivity contribution in [3.63, 3.8) is 0 Å². The fourth-order valence-corrected chi connectivity index (χ4v) is 3.74. The second kappa shape index (κ2) is 7.63. The number of anilines is 1. The molecule has 3 rings (SSSR count). The van der Waals surface area contributed by atoms with Crippen LogP contribution in [0.1, 0.15) is 10.6 Å². The summed E-state index contributed by atoms with van der Waals surface area (Å²) in [6, 6.07) is 11.3. The number of furan rings is 1. The van der Waals surface area contributed by atoms with E-state index in [9.17, 15) is 23.3 Å².